The second kappa shape index (κ2) is 18.2. The molecule has 2 unspecified atom stereocenters. The van der Waals surface area contributed by atoms with Gasteiger partial charge in [0, 0.05) is 19.5 Å². The normalized spacial score (nSPS) is 17.7. The molecule has 2 aromatic carbocycles. The van der Waals surface area contributed by atoms with E-state index < -0.39 is 41.2 Å². The van der Waals surface area contributed by atoms with Crippen LogP contribution in [0.5, 0.6) is 5.75 Å². The molecular weight excluding hydrogens is 648 g/mol. The molecule has 1 aliphatic heterocycles. The van der Waals surface area contributed by atoms with Gasteiger partial charge in [0.2, 0.25) is 17.7 Å². The number of carboxylic acids is 1. The van der Waals surface area contributed by atoms with Crippen molar-refractivity contribution in [3.8, 4) is 5.75 Å². The van der Waals surface area contributed by atoms with Crippen molar-refractivity contribution in [3.05, 3.63) is 76.3 Å². The van der Waals surface area contributed by atoms with Gasteiger partial charge in [-0.05, 0) is 79.8 Å². The summed E-state index contributed by atoms with van der Waals surface area (Å²) in [6.07, 6.45) is 5.24. The predicted molar refractivity (Wildman–Crippen MR) is 189 cm³/mol. The van der Waals surface area contributed by atoms with Gasteiger partial charge in [0.25, 0.3) is 0 Å². The zero-order chi connectivity index (χ0) is 36.3. The van der Waals surface area contributed by atoms with Crippen molar-refractivity contribution in [3.63, 3.8) is 0 Å². The molecule has 1 saturated heterocycles. The Labute approximate surface area is 294 Å². The molecule has 2 aromatic rings. The predicted octanol–water partition coefficient (Wildman–Crippen LogP) is 4.71. The lowest BCUT2D eigenvalue weighted by atomic mass is 9.91. The number of aliphatic carboxylic acids is 1. The van der Waals surface area contributed by atoms with Crippen LogP contribution in [-0.4, -0.2) is 60.6 Å². The van der Waals surface area contributed by atoms with E-state index in [-0.39, 0.29) is 43.4 Å². The summed E-state index contributed by atoms with van der Waals surface area (Å²) in [6.45, 7) is 9.51. The first-order valence-corrected chi connectivity index (χ1v) is 17.1. The van der Waals surface area contributed by atoms with E-state index in [0.717, 1.165) is 17.5 Å². The van der Waals surface area contributed by atoms with E-state index in [1.165, 1.54) is 13.2 Å². The number of methoxy groups -OCH3 is 1. The number of rotatable bonds is 19. The topological polar surface area (TPSA) is 172 Å². The van der Waals surface area contributed by atoms with Gasteiger partial charge in [0.1, 0.15) is 23.9 Å². The van der Waals surface area contributed by atoms with Crippen molar-refractivity contribution >= 4 is 35.3 Å². The molecule has 11 nitrogen and oxygen atoms in total. The van der Waals surface area contributed by atoms with Gasteiger partial charge in [-0.2, -0.15) is 0 Å². The fraction of sp³-hybridized carbons (Fsp3) is 0.514. The fourth-order valence-corrected chi connectivity index (χ4v) is 5.72. The van der Waals surface area contributed by atoms with E-state index >= 15 is 0 Å². The van der Waals surface area contributed by atoms with Crippen molar-refractivity contribution in [1.29, 1.82) is 0 Å². The number of carbonyl (C=O) groups is 4. The van der Waals surface area contributed by atoms with E-state index in [1.54, 1.807) is 38.1 Å². The molecule has 5 atom stereocenters. The molecule has 268 valence electrons. The largest absolute Gasteiger partial charge is 0.495 e. The smallest absolute Gasteiger partial charge is 0.326 e. The van der Waals surface area contributed by atoms with E-state index in [2.05, 4.69) is 35.0 Å². The molecule has 0 radical (unpaired) electrons. The first-order chi connectivity index (χ1) is 23.1. The van der Waals surface area contributed by atoms with Gasteiger partial charge in [0.15, 0.2) is 0 Å². The molecule has 0 aliphatic carbocycles. The first-order valence-electron chi connectivity index (χ1n) is 16.7. The van der Waals surface area contributed by atoms with Gasteiger partial charge in [-0.1, -0.05) is 68.8 Å². The van der Waals surface area contributed by atoms with Crippen LogP contribution in [-0.2, 0) is 36.9 Å². The van der Waals surface area contributed by atoms with E-state index in [0.29, 0.717) is 29.3 Å². The number of benzene rings is 2. The quantitative estimate of drug-likeness (QED) is 0.104. The first kappa shape index (κ1) is 39.5. The number of hydrogen-bond acceptors (Lipinski definition) is 7. The highest BCUT2D eigenvalue weighted by atomic mass is 35.5. The highest BCUT2D eigenvalue weighted by molar-refractivity contribution is 6.32. The monoisotopic (exact) mass is 698 g/mol. The summed E-state index contributed by atoms with van der Waals surface area (Å²) in [7, 11) is 1.50. The van der Waals surface area contributed by atoms with Crippen LogP contribution in [0.3, 0.4) is 0 Å². The SMILES string of the molecule is COc1ccc(C[C@@H](NC(=O)/C=C/CC[C@H](C)C2OC2c2ccc(CN)cc2)C(=O)NCC(C)(C)C(=O)N[C@@H](CC(C)C)C(=O)O)cc1Cl. The van der Waals surface area contributed by atoms with Crippen LogP contribution < -0.4 is 26.4 Å². The molecule has 1 fully saturated rings. The van der Waals surface area contributed by atoms with Crippen molar-refractivity contribution < 1.29 is 33.8 Å². The van der Waals surface area contributed by atoms with E-state index in [9.17, 15) is 24.3 Å². The van der Waals surface area contributed by atoms with Crippen LogP contribution >= 0.6 is 11.6 Å². The number of nitrogens with two attached hydrogens (primary N) is 1. The average Bonchev–Trinajstić information content (AvgIpc) is 3.86. The van der Waals surface area contributed by atoms with Gasteiger partial charge < -0.3 is 36.3 Å². The maximum atomic E-state index is 13.5. The molecule has 0 spiro atoms. The molecule has 0 bridgehead atoms. The van der Waals surface area contributed by atoms with Crippen molar-refractivity contribution in [2.45, 2.75) is 91.1 Å². The third-order valence-electron chi connectivity index (χ3n) is 8.61. The molecule has 49 heavy (non-hydrogen) atoms. The second-order valence-corrected chi connectivity index (χ2v) is 14.2. The number of ether oxygens (including phenoxy) is 2. The highest BCUT2D eigenvalue weighted by Gasteiger charge is 2.43. The zero-order valence-electron chi connectivity index (χ0n) is 29.3. The van der Waals surface area contributed by atoms with Crippen LogP contribution in [0.2, 0.25) is 5.02 Å². The number of amides is 3. The van der Waals surface area contributed by atoms with Crippen LogP contribution in [0.4, 0.5) is 0 Å². The summed E-state index contributed by atoms with van der Waals surface area (Å²) in [4.78, 5) is 51.2. The van der Waals surface area contributed by atoms with Crippen molar-refractivity contribution in [2.75, 3.05) is 13.7 Å². The standard InChI is InChI=1S/C37H51ClN4O7/c1-22(2)17-29(35(45)46)42-36(47)37(4,5)21-40-34(44)28(19-25-13-16-30(48-6)27(38)18-25)41-31(43)10-8-7-9-23(3)32-33(49-32)26-14-11-24(20-39)12-15-26/h8,10-16,18,22-23,28-29,32-33H,7,9,17,19-21,39H2,1-6H3,(H,40,44)(H,41,43)(H,42,47)(H,45,46)/b10-8+/t23-,28+,29-,32?,33?/m0/s1. The Bertz CT molecular complexity index is 1480. The minimum absolute atomic E-state index is 0.0578. The minimum Gasteiger partial charge on any atom is -0.495 e. The molecule has 3 amide bonds. The lowest BCUT2D eigenvalue weighted by Crippen LogP contribution is -2.53. The summed E-state index contributed by atoms with van der Waals surface area (Å²) in [5.74, 6) is -1.76. The Morgan fingerprint density at radius 3 is 2.31 bits per heavy atom. The fourth-order valence-electron chi connectivity index (χ4n) is 5.44. The summed E-state index contributed by atoms with van der Waals surface area (Å²) >= 11 is 6.32. The van der Waals surface area contributed by atoms with E-state index in [1.807, 2.05) is 26.0 Å². The lowest BCUT2D eigenvalue weighted by Gasteiger charge is -2.28. The third kappa shape index (κ3) is 12.2. The minimum atomic E-state index is -1.13. The maximum absolute atomic E-state index is 13.5. The zero-order valence-corrected chi connectivity index (χ0v) is 30.0. The Morgan fingerprint density at radius 1 is 1.04 bits per heavy atom. The van der Waals surface area contributed by atoms with Crippen LogP contribution in [0.25, 0.3) is 0 Å². The number of carboxylic acid groups (broad SMARTS) is 1. The summed E-state index contributed by atoms with van der Waals surface area (Å²) in [5.41, 5.74) is 7.46. The van der Waals surface area contributed by atoms with Crippen molar-refractivity contribution in [1.82, 2.24) is 16.0 Å². The number of hydrogen-bond donors (Lipinski definition) is 5. The second-order valence-electron chi connectivity index (χ2n) is 13.8. The Morgan fingerprint density at radius 2 is 1.71 bits per heavy atom. The molecule has 0 saturated carbocycles. The Balaban J connectivity index is 1.60. The van der Waals surface area contributed by atoms with Gasteiger partial charge in [-0.15, -0.1) is 0 Å². The van der Waals surface area contributed by atoms with Gasteiger partial charge in [-0.3, -0.25) is 14.4 Å². The van der Waals surface area contributed by atoms with Gasteiger partial charge >= 0.3 is 5.97 Å². The summed E-state index contributed by atoms with van der Waals surface area (Å²) < 4.78 is 11.2. The molecule has 1 heterocycles. The number of allylic oxidation sites excluding steroid dienone is 1. The highest BCUT2D eigenvalue weighted by Crippen LogP contribution is 2.44. The Kier molecular flexibility index (Phi) is 14.7. The van der Waals surface area contributed by atoms with Crippen LogP contribution in [0.15, 0.2) is 54.6 Å². The molecule has 12 heteroatoms. The maximum Gasteiger partial charge on any atom is 0.326 e. The number of halogens is 1. The average molecular weight is 699 g/mol. The Hall–Kier alpha value is -3.93. The molecule has 0 aromatic heterocycles. The lowest BCUT2D eigenvalue weighted by molar-refractivity contribution is -0.144. The van der Waals surface area contributed by atoms with Crippen LogP contribution in [0.1, 0.15) is 76.7 Å². The van der Waals surface area contributed by atoms with Gasteiger partial charge in [-0.25, -0.2) is 4.79 Å². The summed E-state index contributed by atoms with van der Waals surface area (Å²) in [5, 5.41) is 18.1. The molecule has 1 aliphatic rings. The third-order valence-corrected chi connectivity index (χ3v) is 8.90. The number of carbonyl (C=O) groups excluding carboxylic acids is 3. The molecule has 3 rings (SSSR count). The van der Waals surface area contributed by atoms with E-state index in [4.69, 9.17) is 26.8 Å². The number of epoxide rings is 1. The molecular formula is C37H51ClN4O7. The van der Waals surface area contributed by atoms with Gasteiger partial charge in [0.05, 0.1) is 23.7 Å². The van der Waals surface area contributed by atoms with Crippen molar-refractivity contribution in [2.24, 2.45) is 23.0 Å². The number of nitrogens with one attached hydrogen (secondary N) is 3. The molecule has 6 N–H and O–H groups in total. The van der Waals surface area contributed by atoms with Crippen LogP contribution in [0, 0.1) is 17.3 Å². The summed E-state index contributed by atoms with van der Waals surface area (Å²) in [6, 6.07) is 11.2.